The molecule has 0 fully saturated rings. The lowest BCUT2D eigenvalue weighted by atomic mass is 10.2. The van der Waals surface area contributed by atoms with Gasteiger partial charge in [0.1, 0.15) is 0 Å². The largest absolute Gasteiger partial charge is 0.290 e. The van der Waals surface area contributed by atoms with Gasteiger partial charge in [0.25, 0.3) is 0 Å². The Morgan fingerprint density at radius 1 is 1.18 bits per heavy atom. The second-order valence-corrected chi connectivity index (χ2v) is 2.25. The monoisotopic (exact) mass is 145 g/mol. The van der Waals surface area contributed by atoms with E-state index in [2.05, 4.69) is 10.2 Å². The number of benzene rings is 1. The SMILES string of the molecule is [O]c1ccc2ccnnc2c1. The average molecular weight is 145 g/mol. The Balaban J connectivity index is 2.83. The first kappa shape index (κ1) is 6.09. The van der Waals surface area contributed by atoms with E-state index in [4.69, 9.17) is 0 Å². The van der Waals surface area contributed by atoms with E-state index in [0.29, 0.717) is 5.52 Å². The zero-order valence-corrected chi connectivity index (χ0v) is 5.69. The quantitative estimate of drug-likeness (QED) is 0.567. The summed E-state index contributed by atoms with van der Waals surface area (Å²) in [4.78, 5) is 0. The van der Waals surface area contributed by atoms with Gasteiger partial charge in [-0.05, 0) is 18.2 Å². The Bertz CT molecular complexity index is 387. The predicted molar refractivity (Wildman–Crippen MR) is 39.7 cm³/mol. The van der Waals surface area contributed by atoms with E-state index in [1.165, 1.54) is 12.1 Å². The van der Waals surface area contributed by atoms with Gasteiger partial charge in [-0.15, -0.1) is 0 Å². The molecule has 0 unspecified atom stereocenters. The smallest absolute Gasteiger partial charge is 0.180 e. The standard InChI is InChI=1S/C8H5N2O/c11-7-2-1-6-3-4-9-10-8(6)5-7/h1-5H. The first-order chi connectivity index (χ1) is 5.36. The molecule has 0 spiro atoms. The van der Waals surface area contributed by atoms with Crippen molar-refractivity contribution >= 4 is 10.9 Å². The van der Waals surface area contributed by atoms with Gasteiger partial charge >= 0.3 is 0 Å². The van der Waals surface area contributed by atoms with Crippen LogP contribution in [0.5, 0.6) is 5.75 Å². The van der Waals surface area contributed by atoms with Crippen molar-refractivity contribution in [3.05, 3.63) is 30.5 Å². The summed E-state index contributed by atoms with van der Waals surface area (Å²) in [6, 6.07) is 6.56. The minimum absolute atomic E-state index is 0.0296. The summed E-state index contributed by atoms with van der Waals surface area (Å²) in [6.45, 7) is 0. The van der Waals surface area contributed by atoms with Crippen LogP contribution in [0.3, 0.4) is 0 Å². The van der Waals surface area contributed by atoms with Crippen LogP contribution in [0.25, 0.3) is 10.9 Å². The van der Waals surface area contributed by atoms with E-state index < -0.39 is 0 Å². The fraction of sp³-hybridized carbons (Fsp3) is 0. The number of rotatable bonds is 0. The molecule has 0 saturated heterocycles. The van der Waals surface area contributed by atoms with Crippen molar-refractivity contribution in [2.45, 2.75) is 0 Å². The van der Waals surface area contributed by atoms with Gasteiger partial charge in [0.05, 0.1) is 11.7 Å². The summed E-state index contributed by atoms with van der Waals surface area (Å²) in [6.07, 6.45) is 1.60. The van der Waals surface area contributed by atoms with E-state index in [0.717, 1.165) is 5.39 Å². The van der Waals surface area contributed by atoms with Crippen LogP contribution in [-0.4, -0.2) is 10.2 Å². The number of hydrogen-bond acceptors (Lipinski definition) is 2. The molecular formula is C8H5N2O. The zero-order chi connectivity index (χ0) is 7.68. The van der Waals surface area contributed by atoms with Gasteiger partial charge < -0.3 is 0 Å². The highest BCUT2D eigenvalue weighted by atomic mass is 16.3. The molecule has 2 rings (SSSR count). The van der Waals surface area contributed by atoms with Crippen LogP contribution in [0, 0.1) is 0 Å². The fourth-order valence-corrected chi connectivity index (χ4v) is 0.960. The summed E-state index contributed by atoms with van der Waals surface area (Å²) in [5, 5.41) is 19.2. The highest BCUT2D eigenvalue weighted by molar-refractivity contribution is 5.78. The van der Waals surface area contributed by atoms with E-state index in [1.807, 2.05) is 6.07 Å². The molecule has 2 aromatic rings. The molecule has 1 heterocycles. The van der Waals surface area contributed by atoms with Gasteiger partial charge in [0, 0.05) is 11.5 Å². The molecular weight excluding hydrogens is 140 g/mol. The van der Waals surface area contributed by atoms with Crippen molar-refractivity contribution in [3.8, 4) is 5.75 Å². The lowest BCUT2D eigenvalue weighted by molar-refractivity contribution is 0.355. The molecule has 0 atom stereocenters. The molecule has 3 nitrogen and oxygen atoms in total. The van der Waals surface area contributed by atoms with Crippen LogP contribution in [0.4, 0.5) is 0 Å². The Hall–Kier alpha value is -1.64. The van der Waals surface area contributed by atoms with Gasteiger partial charge in [-0.1, -0.05) is 0 Å². The zero-order valence-electron chi connectivity index (χ0n) is 5.69. The van der Waals surface area contributed by atoms with Gasteiger partial charge in [-0.2, -0.15) is 10.2 Å². The minimum atomic E-state index is -0.0296. The summed E-state index contributed by atoms with van der Waals surface area (Å²) < 4.78 is 0. The summed E-state index contributed by atoms with van der Waals surface area (Å²) in [5.74, 6) is -0.0296. The van der Waals surface area contributed by atoms with Gasteiger partial charge in [0.2, 0.25) is 0 Å². The fourth-order valence-electron chi connectivity index (χ4n) is 0.960. The van der Waals surface area contributed by atoms with E-state index in [1.54, 1.807) is 12.3 Å². The predicted octanol–water partition coefficient (Wildman–Crippen LogP) is 1.77. The summed E-state index contributed by atoms with van der Waals surface area (Å²) in [7, 11) is 0. The van der Waals surface area contributed by atoms with Crippen molar-refractivity contribution < 1.29 is 5.11 Å². The average Bonchev–Trinajstić information content (AvgIpc) is 2.04. The number of fused-ring (bicyclic) bond motifs is 1. The Morgan fingerprint density at radius 2 is 2.09 bits per heavy atom. The Morgan fingerprint density at radius 3 is 3.00 bits per heavy atom. The van der Waals surface area contributed by atoms with Crippen LogP contribution >= 0.6 is 0 Å². The maximum Gasteiger partial charge on any atom is 0.180 e. The van der Waals surface area contributed by atoms with Crippen LogP contribution in [0.1, 0.15) is 0 Å². The number of hydrogen-bond donors (Lipinski definition) is 0. The Kier molecular flexibility index (Phi) is 1.22. The maximum atomic E-state index is 10.8. The lowest BCUT2D eigenvalue weighted by Gasteiger charge is -1.92. The number of nitrogens with zero attached hydrogens (tertiary/aromatic N) is 2. The summed E-state index contributed by atoms with van der Waals surface area (Å²) >= 11 is 0. The second-order valence-electron chi connectivity index (χ2n) is 2.25. The highest BCUT2D eigenvalue weighted by Gasteiger charge is 1.95. The third kappa shape index (κ3) is 1.00. The molecule has 0 aliphatic carbocycles. The third-order valence-corrected chi connectivity index (χ3v) is 1.49. The van der Waals surface area contributed by atoms with Crippen molar-refractivity contribution in [2.24, 2.45) is 0 Å². The molecule has 3 heteroatoms. The molecule has 11 heavy (non-hydrogen) atoms. The van der Waals surface area contributed by atoms with E-state index in [-0.39, 0.29) is 5.75 Å². The van der Waals surface area contributed by atoms with Crippen LogP contribution in [0.15, 0.2) is 30.5 Å². The molecule has 0 aliphatic rings. The third-order valence-electron chi connectivity index (χ3n) is 1.49. The Labute approximate surface area is 63.3 Å². The van der Waals surface area contributed by atoms with Crippen molar-refractivity contribution in [1.82, 2.24) is 10.2 Å². The van der Waals surface area contributed by atoms with Crippen LogP contribution in [0.2, 0.25) is 0 Å². The van der Waals surface area contributed by atoms with Crippen LogP contribution < -0.4 is 0 Å². The van der Waals surface area contributed by atoms with Gasteiger partial charge in [-0.3, -0.25) is 5.11 Å². The van der Waals surface area contributed by atoms with E-state index in [9.17, 15) is 5.11 Å². The molecule has 0 N–H and O–H groups in total. The first-order valence-electron chi connectivity index (χ1n) is 3.25. The minimum Gasteiger partial charge on any atom is -0.290 e. The molecule has 1 radical (unpaired) electrons. The first-order valence-corrected chi connectivity index (χ1v) is 3.25. The lowest BCUT2D eigenvalue weighted by Crippen LogP contribution is -1.80. The molecule has 1 aromatic carbocycles. The molecule has 53 valence electrons. The number of aromatic nitrogens is 2. The van der Waals surface area contributed by atoms with Crippen molar-refractivity contribution in [1.29, 1.82) is 0 Å². The van der Waals surface area contributed by atoms with Gasteiger partial charge in [-0.25, -0.2) is 0 Å². The van der Waals surface area contributed by atoms with Crippen molar-refractivity contribution in [2.75, 3.05) is 0 Å². The maximum absolute atomic E-state index is 10.8. The van der Waals surface area contributed by atoms with Crippen LogP contribution in [-0.2, 0) is 5.11 Å². The molecule has 1 aromatic heterocycles. The second kappa shape index (κ2) is 2.20. The molecule has 0 amide bonds. The van der Waals surface area contributed by atoms with E-state index >= 15 is 0 Å². The molecule has 0 bridgehead atoms. The normalized spacial score (nSPS) is 10.2. The molecule has 0 aliphatic heterocycles. The van der Waals surface area contributed by atoms with Crippen molar-refractivity contribution in [3.63, 3.8) is 0 Å². The topological polar surface area (TPSA) is 45.7 Å². The highest BCUT2D eigenvalue weighted by Crippen LogP contribution is 2.16. The van der Waals surface area contributed by atoms with Gasteiger partial charge in [0.15, 0.2) is 5.75 Å². The molecule has 0 saturated carbocycles. The summed E-state index contributed by atoms with van der Waals surface area (Å²) in [5.41, 5.74) is 0.653.